The van der Waals surface area contributed by atoms with Crippen LogP contribution in [0.4, 0.5) is 0 Å². The average molecular weight is 369 g/mol. The van der Waals surface area contributed by atoms with E-state index in [1.165, 1.54) is 25.7 Å². The van der Waals surface area contributed by atoms with Crippen molar-refractivity contribution >= 4 is 5.96 Å². The molecule has 0 radical (unpaired) electrons. The van der Waals surface area contributed by atoms with Crippen LogP contribution in [-0.2, 0) is 9.47 Å². The normalized spacial score (nSPS) is 22.3. The molecule has 1 atom stereocenters. The second kappa shape index (κ2) is 11.8. The van der Waals surface area contributed by atoms with Crippen molar-refractivity contribution in [3.05, 3.63) is 0 Å². The number of hydrogen-bond donors (Lipinski definition) is 2. The highest BCUT2D eigenvalue weighted by atomic mass is 16.5. The number of ether oxygens (including phenoxy) is 2. The van der Waals surface area contributed by atoms with Gasteiger partial charge < -0.3 is 20.1 Å². The summed E-state index contributed by atoms with van der Waals surface area (Å²) in [4.78, 5) is 6.92. The van der Waals surface area contributed by atoms with Crippen molar-refractivity contribution < 1.29 is 9.47 Å². The van der Waals surface area contributed by atoms with E-state index >= 15 is 0 Å². The van der Waals surface area contributed by atoms with Crippen molar-refractivity contribution in [1.29, 1.82) is 0 Å². The van der Waals surface area contributed by atoms with Crippen molar-refractivity contribution in [1.82, 2.24) is 15.5 Å². The molecule has 2 N–H and O–H groups in total. The van der Waals surface area contributed by atoms with Crippen molar-refractivity contribution in [3.63, 3.8) is 0 Å². The van der Waals surface area contributed by atoms with Crippen LogP contribution in [0, 0.1) is 11.3 Å². The van der Waals surface area contributed by atoms with Gasteiger partial charge in [0.15, 0.2) is 5.96 Å². The summed E-state index contributed by atoms with van der Waals surface area (Å²) in [6.45, 7) is 13.0. The summed E-state index contributed by atoms with van der Waals surface area (Å²) in [6, 6.07) is 0. The van der Waals surface area contributed by atoms with E-state index in [1.54, 1.807) is 0 Å². The maximum atomic E-state index is 5.62. The Morgan fingerprint density at radius 3 is 2.62 bits per heavy atom. The molecule has 152 valence electrons. The smallest absolute Gasteiger partial charge is 0.191 e. The van der Waals surface area contributed by atoms with Crippen LogP contribution in [0.3, 0.4) is 0 Å². The Balaban J connectivity index is 1.70. The van der Waals surface area contributed by atoms with Crippen molar-refractivity contribution in [2.24, 2.45) is 16.3 Å². The molecule has 1 unspecified atom stereocenters. The minimum Gasteiger partial charge on any atom is -0.382 e. The van der Waals surface area contributed by atoms with E-state index in [-0.39, 0.29) is 0 Å². The number of nitrogens with zero attached hydrogens (tertiary/aromatic N) is 2. The third kappa shape index (κ3) is 7.41. The predicted molar refractivity (Wildman–Crippen MR) is 108 cm³/mol. The molecule has 0 amide bonds. The largest absolute Gasteiger partial charge is 0.382 e. The summed E-state index contributed by atoms with van der Waals surface area (Å²) in [6.07, 6.45) is 6.44. The zero-order valence-electron chi connectivity index (χ0n) is 17.2. The average Bonchev–Trinajstić information content (AvgIpc) is 3.12. The molecule has 1 saturated heterocycles. The third-order valence-corrected chi connectivity index (χ3v) is 5.79. The molecule has 0 spiro atoms. The summed E-state index contributed by atoms with van der Waals surface area (Å²) in [7, 11) is 1.86. The first-order chi connectivity index (χ1) is 12.7. The number of guanidine groups is 1. The highest BCUT2D eigenvalue weighted by Crippen LogP contribution is 2.40. The van der Waals surface area contributed by atoms with E-state index in [0.717, 1.165) is 71.5 Å². The van der Waals surface area contributed by atoms with Crippen LogP contribution in [0.25, 0.3) is 0 Å². The molecule has 0 aromatic rings. The van der Waals surface area contributed by atoms with Crippen LogP contribution in [-0.4, -0.2) is 77.1 Å². The standard InChI is InChI=1S/C20H40N4O2/c1-4-25-12-9-20(7-5-6-8-20)17-23-19(21-3)22-15-18(2)16-24-10-13-26-14-11-24/h18H,4-17H2,1-3H3,(H2,21,22,23). The van der Waals surface area contributed by atoms with E-state index in [9.17, 15) is 0 Å². The maximum absolute atomic E-state index is 5.62. The summed E-state index contributed by atoms with van der Waals surface area (Å²) in [5.74, 6) is 1.52. The SMILES string of the molecule is CCOCCC1(CNC(=NC)NCC(C)CN2CCOCC2)CCCC1. The first-order valence-electron chi connectivity index (χ1n) is 10.5. The van der Waals surface area contributed by atoms with Gasteiger partial charge in [-0.15, -0.1) is 0 Å². The number of nitrogens with one attached hydrogen (secondary N) is 2. The molecule has 1 saturated carbocycles. The lowest BCUT2D eigenvalue weighted by molar-refractivity contribution is 0.0320. The summed E-state index contributed by atoms with van der Waals surface area (Å²) in [5.41, 5.74) is 0.381. The van der Waals surface area contributed by atoms with Crippen molar-refractivity contribution in [3.8, 4) is 0 Å². The molecule has 1 aliphatic carbocycles. The Morgan fingerprint density at radius 2 is 1.96 bits per heavy atom. The fourth-order valence-corrected chi connectivity index (χ4v) is 4.12. The minimum absolute atomic E-state index is 0.381. The first-order valence-corrected chi connectivity index (χ1v) is 10.5. The fourth-order valence-electron chi connectivity index (χ4n) is 4.12. The van der Waals surface area contributed by atoms with Crippen LogP contribution < -0.4 is 10.6 Å². The highest BCUT2D eigenvalue weighted by Gasteiger charge is 2.33. The topological polar surface area (TPSA) is 58.1 Å². The second-order valence-corrected chi connectivity index (χ2v) is 7.98. The van der Waals surface area contributed by atoms with Gasteiger partial charge in [-0.25, -0.2) is 0 Å². The Morgan fingerprint density at radius 1 is 1.23 bits per heavy atom. The van der Waals surface area contributed by atoms with Crippen LogP contribution in [0.5, 0.6) is 0 Å². The van der Waals surface area contributed by atoms with Gasteiger partial charge in [-0.3, -0.25) is 9.89 Å². The number of aliphatic imine (C=N–C) groups is 1. The lowest BCUT2D eigenvalue weighted by atomic mass is 9.83. The van der Waals surface area contributed by atoms with E-state index in [4.69, 9.17) is 9.47 Å². The Bertz CT molecular complexity index is 405. The first kappa shape index (κ1) is 21.5. The van der Waals surface area contributed by atoms with Gasteiger partial charge in [0.2, 0.25) is 0 Å². The number of morpholine rings is 1. The molecular formula is C20H40N4O2. The van der Waals surface area contributed by atoms with Crippen molar-refractivity contribution in [2.45, 2.75) is 46.0 Å². The number of hydrogen-bond acceptors (Lipinski definition) is 4. The summed E-state index contributed by atoms with van der Waals surface area (Å²) in [5, 5.41) is 7.10. The molecule has 6 nitrogen and oxygen atoms in total. The zero-order chi connectivity index (χ0) is 18.7. The predicted octanol–water partition coefficient (Wildman–Crippen LogP) is 2.11. The van der Waals surface area contributed by atoms with Crippen LogP contribution in [0.1, 0.15) is 46.0 Å². The molecule has 6 heteroatoms. The lowest BCUT2D eigenvalue weighted by Crippen LogP contribution is -2.46. The molecule has 26 heavy (non-hydrogen) atoms. The van der Waals surface area contributed by atoms with Gasteiger partial charge in [0, 0.05) is 53.0 Å². The molecule has 0 aromatic carbocycles. The van der Waals surface area contributed by atoms with Gasteiger partial charge in [0.25, 0.3) is 0 Å². The summed E-state index contributed by atoms with van der Waals surface area (Å²) >= 11 is 0. The quantitative estimate of drug-likeness (QED) is 0.351. The zero-order valence-corrected chi connectivity index (χ0v) is 17.2. The van der Waals surface area contributed by atoms with E-state index in [2.05, 4.69) is 34.4 Å². The van der Waals surface area contributed by atoms with Gasteiger partial charge in [-0.2, -0.15) is 0 Å². The molecule has 2 rings (SSSR count). The van der Waals surface area contributed by atoms with Gasteiger partial charge in [0.05, 0.1) is 13.2 Å². The molecule has 0 aromatic heterocycles. The van der Waals surface area contributed by atoms with Gasteiger partial charge in [-0.05, 0) is 37.5 Å². The summed E-state index contributed by atoms with van der Waals surface area (Å²) < 4.78 is 11.0. The highest BCUT2D eigenvalue weighted by molar-refractivity contribution is 5.79. The second-order valence-electron chi connectivity index (χ2n) is 7.98. The van der Waals surface area contributed by atoms with Crippen molar-refractivity contribution in [2.75, 3.05) is 66.2 Å². The Labute approximate surface area is 160 Å². The van der Waals surface area contributed by atoms with Crippen LogP contribution in [0.15, 0.2) is 4.99 Å². The monoisotopic (exact) mass is 368 g/mol. The lowest BCUT2D eigenvalue weighted by Gasteiger charge is -2.31. The molecule has 0 bridgehead atoms. The van der Waals surface area contributed by atoms with Gasteiger partial charge >= 0.3 is 0 Å². The molecule has 2 aliphatic rings. The van der Waals surface area contributed by atoms with E-state index < -0.39 is 0 Å². The van der Waals surface area contributed by atoms with E-state index in [1.807, 2.05) is 7.05 Å². The van der Waals surface area contributed by atoms with Gasteiger partial charge in [-0.1, -0.05) is 19.8 Å². The van der Waals surface area contributed by atoms with Crippen LogP contribution >= 0.6 is 0 Å². The molecular weight excluding hydrogens is 328 g/mol. The van der Waals surface area contributed by atoms with Crippen LogP contribution in [0.2, 0.25) is 0 Å². The minimum atomic E-state index is 0.381. The van der Waals surface area contributed by atoms with E-state index in [0.29, 0.717) is 11.3 Å². The Hall–Kier alpha value is -0.850. The molecule has 1 aliphatic heterocycles. The molecule has 2 fully saturated rings. The van der Waals surface area contributed by atoms with Gasteiger partial charge in [0.1, 0.15) is 0 Å². The number of rotatable bonds is 10. The maximum Gasteiger partial charge on any atom is 0.191 e. The fraction of sp³-hybridized carbons (Fsp3) is 0.950. The molecule has 1 heterocycles. The third-order valence-electron chi connectivity index (χ3n) is 5.79. The Kier molecular flexibility index (Phi) is 9.72.